The predicted molar refractivity (Wildman–Crippen MR) is 132 cm³/mol. The zero-order chi connectivity index (χ0) is 25.4. The second-order valence-electron chi connectivity index (χ2n) is 9.32. The average Bonchev–Trinajstić information content (AvgIpc) is 3.14. The minimum Gasteiger partial charge on any atom is -0.481 e. The second kappa shape index (κ2) is 12.4. The van der Waals surface area contributed by atoms with Gasteiger partial charge in [0.15, 0.2) is 0 Å². The number of methoxy groups -OCH3 is 1. The molecule has 2 atom stereocenters. The summed E-state index contributed by atoms with van der Waals surface area (Å²) in [6, 6.07) is 15.1. The summed E-state index contributed by atoms with van der Waals surface area (Å²) >= 11 is 0. The van der Waals surface area contributed by atoms with Gasteiger partial charge < -0.3 is 25.2 Å². The van der Waals surface area contributed by atoms with Crippen molar-refractivity contribution in [3.8, 4) is 11.1 Å². The first-order chi connectivity index (χ1) is 16.8. The summed E-state index contributed by atoms with van der Waals surface area (Å²) in [5.41, 5.74) is 4.46. The maximum atomic E-state index is 12.7. The first kappa shape index (κ1) is 26.2. The molecule has 0 bridgehead atoms. The number of carbonyl (C=O) groups is 3. The maximum absolute atomic E-state index is 12.7. The van der Waals surface area contributed by atoms with Gasteiger partial charge in [-0.2, -0.15) is 0 Å². The van der Waals surface area contributed by atoms with Crippen molar-refractivity contribution < 1.29 is 29.0 Å². The first-order valence-electron chi connectivity index (χ1n) is 11.9. The molecule has 0 radical (unpaired) electrons. The highest BCUT2D eigenvalue weighted by atomic mass is 16.5. The Morgan fingerprint density at radius 3 is 2.14 bits per heavy atom. The van der Waals surface area contributed by atoms with E-state index in [9.17, 15) is 14.4 Å². The highest BCUT2D eigenvalue weighted by molar-refractivity contribution is 5.86. The lowest BCUT2D eigenvalue weighted by atomic mass is 9.94. The number of nitrogens with one attached hydrogen (secondary N) is 2. The number of alkyl carbamates (subject to hydrolysis) is 1. The van der Waals surface area contributed by atoms with Crippen LogP contribution >= 0.6 is 0 Å². The number of carbonyl (C=O) groups excluding carboxylic acids is 2. The van der Waals surface area contributed by atoms with Crippen molar-refractivity contribution >= 4 is 18.0 Å². The van der Waals surface area contributed by atoms with Gasteiger partial charge in [-0.15, -0.1) is 0 Å². The summed E-state index contributed by atoms with van der Waals surface area (Å²) in [6.45, 7) is 4.31. The molecule has 2 unspecified atom stereocenters. The van der Waals surface area contributed by atoms with E-state index in [1.807, 2.05) is 50.2 Å². The van der Waals surface area contributed by atoms with Crippen molar-refractivity contribution in [1.29, 1.82) is 0 Å². The quantitative estimate of drug-likeness (QED) is 0.424. The number of carboxylic acid groups (broad SMARTS) is 1. The Labute approximate surface area is 206 Å². The van der Waals surface area contributed by atoms with Gasteiger partial charge in [0.2, 0.25) is 5.91 Å². The second-order valence-corrected chi connectivity index (χ2v) is 9.32. The lowest BCUT2D eigenvalue weighted by Gasteiger charge is -2.22. The van der Waals surface area contributed by atoms with Crippen LogP contribution in [0.2, 0.25) is 0 Å². The van der Waals surface area contributed by atoms with Crippen LogP contribution in [0.1, 0.15) is 43.7 Å². The molecule has 0 fully saturated rings. The minimum atomic E-state index is -0.958. The van der Waals surface area contributed by atoms with Crippen LogP contribution in [-0.2, 0) is 19.1 Å². The van der Waals surface area contributed by atoms with Crippen LogP contribution in [0.3, 0.4) is 0 Å². The van der Waals surface area contributed by atoms with Gasteiger partial charge in [-0.1, -0.05) is 62.4 Å². The molecular weight excluding hydrogens is 448 g/mol. The molecule has 2 aromatic rings. The van der Waals surface area contributed by atoms with Crippen molar-refractivity contribution in [2.75, 3.05) is 26.9 Å². The van der Waals surface area contributed by atoms with E-state index in [1.54, 1.807) is 0 Å². The maximum Gasteiger partial charge on any atom is 0.407 e. The van der Waals surface area contributed by atoms with Crippen LogP contribution in [0, 0.1) is 11.8 Å². The number of ether oxygens (including phenoxy) is 2. The molecule has 1 aliphatic carbocycles. The van der Waals surface area contributed by atoms with E-state index in [0.29, 0.717) is 12.3 Å². The van der Waals surface area contributed by atoms with Gasteiger partial charge in [-0.3, -0.25) is 9.59 Å². The molecule has 3 N–H and O–H groups in total. The van der Waals surface area contributed by atoms with Crippen LogP contribution in [0.4, 0.5) is 4.79 Å². The Balaban J connectivity index is 1.58. The molecule has 0 heterocycles. The number of benzene rings is 2. The lowest BCUT2D eigenvalue weighted by molar-refractivity contribution is -0.138. The van der Waals surface area contributed by atoms with E-state index in [1.165, 1.54) is 7.11 Å². The molecule has 0 spiro atoms. The van der Waals surface area contributed by atoms with Crippen LogP contribution in [-0.4, -0.2) is 56.0 Å². The summed E-state index contributed by atoms with van der Waals surface area (Å²) < 4.78 is 10.6. The molecule has 0 saturated carbocycles. The molecule has 0 aliphatic heterocycles. The van der Waals surface area contributed by atoms with E-state index < -0.39 is 24.0 Å². The smallest absolute Gasteiger partial charge is 0.407 e. The SMILES string of the molecule is COCC(NC(=O)OCC1c2ccccc2-c2ccccc21)C(=O)NCC(CC(=O)O)CC(C)C. The van der Waals surface area contributed by atoms with E-state index in [0.717, 1.165) is 22.3 Å². The normalized spacial score (nSPS) is 14.1. The van der Waals surface area contributed by atoms with Crippen LogP contribution < -0.4 is 10.6 Å². The standard InChI is InChI=1S/C27H34N2O6/c1-17(2)12-18(13-25(30)31)14-28-26(32)24(16-34-3)29-27(33)35-15-23-21-10-6-4-8-19(21)20-9-5-7-11-22(20)23/h4-11,17-18,23-24H,12-16H2,1-3H3,(H,28,32)(H,29,33)(H,30,31). The van der Waals surface area contributed by atoms with E-state index >= 15 is 0 Å². The topological polar surface area (TPSA) is 114 Å². The fourth-order valence-electron chi connectivity index (χ4n) is 4.65. The Hall–Kier alpha value is -3.39. The van der Waals surface area contributed by atoms with Crippen LogP contribution in [0.15, 0.2) is 48.5 Å². The third-order valence-electron chi connectivity index (χ3n) is 6.12. The fourth-order valence-corrected chi connectivity index (χ4v) is 4.65. The molecule has 35 heavy (non-hydrogen) atoms. The molecule has 188 valence electrons. The number of carboxylic acids is 1. The van der Waals surface area contributed by atoms with Gasteiger partial charge in [-0.25, -0.2) is 4.79 Å². The first-order valence-corrected chi connectivity index (χ1v) is 11.9. The summed E-state index contributed by atoms with van der Waals surface area (Å²) in [5, 5.41) is 14.5. The van der Waals surface area contributed by atoms with Crippen molar-refractivity contribution in [3.63, 3.8) is 0 Å². The lowest BCUT2D eigenvalue weighted by Crippen LogP contribution is -2.50. The Morgan fingerprint density at radius 2 is 1.60 bits per heavy atom. The predicted octanol–water partition coefficient (Wildman–Crippen LogP) is 3.79. The zero-order valence-electron chi connectivity index (χ0n) is 20.5. The third-order valence-corrected chi connectivity index (χ3v) is 6.12. The van der Waals surface area contributed by atoms with Crippen molar-refractivity contribution in [2.24, 2.45) is 11.8 Å². The van der Waals surface area contributed by atoms with Crippen LogP contribution in [0.25, 0.3) is 11.1 Å². The van der Waals surface area contributed by atoms with E-state index in [4.69, 9.17) is 14.6 Å². The zero-order valence-corrected chi connectivity index (χ0v) is 20.5. The van der Waals surface area contributed by atoms with Crippen molar-refractivity contribution in [1.82, 2.24) is 10.6 Å². The minimum absolute atomic E-state index is 0.0345. The summed E-state index contributed by atoms with van der Waals surface area (Å²) in [4.78, 5) is 36.5. The number of fused-ring (bicyclic) bond motifs is 3. The van der Waals surface area contributed by atoms with Crippen LogP contribution in [0.5, 0.6) is 0 Å². The molecule has 8 heteroatoms. The number of hydrogen-bond donors (Lipinski definition) is 3. The van der Waals surface area contributed by atoms with Gasteiger partial charge >= 0.3 is 12.1 Å². The molecule has 3 rings (SSSR count). The van der Waals surface area contributed by atoms with Crippen molar-refractivity contribution in [3.05, 3.63) is 59.7 Å². The van der Waals surface area contributed by atoms with E-state index in [-0.39, 0.29) is 38.0 Å². The number of amides is 2. The Morgan fingerprint density at radius 1 is 1.00 bits per heavy atom. The summed E-state index contributed by atoms with van der Waals surface area (Å²) in [6.07, 6.45) is -0.0810. The third kappa shape index (κ3) is 7.05. The molecule has 2 amide bonds. The van der Waals surface area contributed by atoms with Gasteiger partial charge in [0.25, 0.3) is 0 Å². The van der Waals surface area contributed by atoms with Gasteiger partial charge in [0.05, 0.1) is 6.61 Å². The molecule has 8 nitrogen and oxygen atoms in total. The Bertz CT molecular complexity index is 992. The summed E-state index contributed by atoms with van der Waals surface area (Å²) in [5.74, 6) is -1.34. The fraction of sp³-hybridized carbons (Fsp3) is 0.444. The molecule has 0 saturated heterocycles. The number of rotatable bonds is 12. The van der Waals surface area contributed by atoms with Gasteiger partial charge in [0, 0.05) is 26.0 Å². The van der Waals surface area contributed by atoms with E-state index in [2.05, 4.69) is 22.8 Å². The van der Waals surface area contributed by atoms with Crippen molar-refractivity contribution in [2.45, 2.75) is 38.6 Å². The van der Waals surface area contributed by atoms with Gasteiger partial charge in [0.1, 0.15) is 12.6 Å². The summed E-state index contributed by atoms with van der Waals surface area (Å²) in [7, 11) is 1.44. The highest BCUT2D eigenvalue weighted by Crippen LogP contribution is 2.44. The highest BCUT2D eigenvalue weighted by Gasteiger charge is 2.30. The Kier molecular flexibility index (Phi) is 9.25. The molecule has 1 aliphatic rings. The number of hydrogen-bond acceptors (Lipinski definition) is 5. The molecule has 2 aromatic carbocycles. The van der Waals surface area contributed by atoms with Gasteiger partial charge in [-0.05, 0) is 40.5 Å². The molecular formula is C27H34N2O6. The monoisotopic (exact) mass is 482 g/mol. The average molecular weight is 483 g/mol. The molecule has 0 aromatic heterocycles. The largest absolute Gasteiger partial charge is 0.481 e. The number of aliphatic carboxylic acids is 1.